The predicted octanol–water partition coefficient (Wildman–Crippen LogP) is 2.72. The van der Waals surface area contributed by atoms with E-state index in [0.717, 1.165) is 0 Å². The molecule has 2 N–H and O–H groups in total. The third-order valence-corrected chi connectivity index (χ3v) is 3.09. The van der Waals surface area contributed by atoms with Gasteiger partial charge in [-0.15, -0.1) is 0 Å². The zero-order valence-electron chi connectivity index (χ0n) is 10.8. The summed E-state index contributed by atoms with van der Waals surface area (Å²) < 4.78 is 18.6. The standard InChI is InChI=1S/C13H11BrFN3O2/c1-6-10(13(19)20-2)11(16)18-12(17-6)7-3-8(14)5-9(15)4-7/h3-5H,1-2H3,(H2,16,17,18). The monoisotopic (exact) mass is 339 g/mol. The predicted molar refractivity (Wildman–Crippen MR) is 75.6 cm³/mol. The molecule has 104 valence electrons. The average molecular weight is 340 g/mol. The second-order valence-corrected chi connectivity index (χ2v) is 4.96. The van der Waals surface area contributed by atoms with E-state index in [2.05, 4.69) is 30.6 Å². The van der Waals surface area contributed by atoms with Gasteiger partial charge in [0.1, 0.15) is 17.2 Å². The molecule has 0 aliphatic rings. The van der Waals surface area contributed by atoms with Crippen molar-refractivity contribution in [2.45, 2.75) is 6.92 Å². The molecule has 1 aromatic heterocycles. The topological polar surface area (TPSA) is 78.1 Å². The summed E-state index contributed by atoms with van der Waals surface area (Å²) in [6, 6.07) is 4.27. The molecule has 0 aliphatic carbocycles. The fourth-order valence-electron chi connectivity index (χ4n) is 1.76. The number of hydrogen-bond donors (Lipinski definition) is 1. The molecule has 20 heavy (non-hydrogen) atoms. The smallest absolute Gasteiger partial charge is 0.343 e. The van der Waals surface area contributed by atoms with Crippen molar-refractivity contribution in [1.29, 1.82) is 0 Å². The third-order valence-electron chi connectivity index (χ3n) is 2.63. The number of hydrogen-bond acceptors (Lipinski definition) is 5. The summed E-state index contributed by atoms with van der Waals surface area (Å²) in [5.41, 5.74) is 6.71. The van der Waals surface area contributed by atoms with Crippen LogP contribution in [0.4, 0.5) is 10.2 Å². The summed E-state index contributed by atoms with van der Waals surface area (Å²) in [5, 5.41) is 0. The van der Waals surface area contributed by atoms with Crippen LogP contribution < -0.4 is 5.73 Å². The zero-order chi connectivity index (χ0) is 14.9. The summed E-state index contributed by atoms with van der Waals surface area (Å²) in [7, 11) is 1.25. The van der Waals surface area contributed by atoms with Gasteiger partial charge in [0.2, 0.25) is 0 Å². The van der Waals surface area contributed by atoms with Gasteiger partial charge < -0.3 is 10.5 Å². The van der Waals surface area contributed by atoms with Crippen LogP contribution in [-0.4, -0.2) is 23.0 Å². The van der Waals surface area contributed by atoms with Crippen LogP contribution in [0.5, 0.6) is 0 Å². The van der Waals surface area contributed by atoms with Crippen molar-refractivity contribution in [2.24, 2.45) is 0 Å². The Balaban J connectivity index is 2.57. The van der Waals surface area contributed by atoms with E-state index in [-0.39, 0.29) is 17.2 Å². The average Bonchev–Trinajstić information content (AvgIpc) is 2.36. The Labute approximate surface area is 123 Å². The first kappa shape index (κ1) is 14.4. The molecule has 0 fully saturated rings. The highest BCUT2D eigenvalue weighted by Crippen LogP contribution is 2.24. The van der Waals surface area contributed by atoms with E-state index < -0.39 is 11.8 Å². The number of nitrogens with zero attached hydrogens (tertiary/aromatic N) is 2. The lowest BCUT2D eigenvalue weighted by molar-refractivity contribution is 0.0600. The number of anilines is 1. The van der Waals surface area contributed by atoms with Gasteiger partial charge in [-0.2, -0.15) is 0 Å². The summed E-state index contributed by atoms with van der Waals surface area (Å²) in [6.07, 6.45) is 0. The number of aromatic nitrogens is 2. The quantitative estimate of drug-likeness (QED) is 0.851. The van der Waals surface area contributed by atoms with Crippen molar-refractivity contribution >= 4 is 27.7 Å². The Kier molecular flexibility index (Phi) is 3.99. The molecular weight excluding hydrogens is 329 g/mol. The number of nitrogen functional groups attached to an aromatic ring is 1. The molecule has 0 aliphatic heterocycles. The number of nitrogens with two attached hydrogens (primary N) is 1. The Morgan fingerprint density at radius 1 is 1.35 bits per heavy atom. The lowest BCUT2D eigenvalue weighted by Gasteiger charge is -2.09. The molecule has 1 aromatic carbocycles. The Morgan fingerprint density at radius 3 is 2.60 bits per heavy atom. The van der Waals surface area contributed by atoms with Crippen LogP contribution in [-0.2, 0) is 4.74 Å². The highest BCUT2D eigenvalue weighted by atomic mass is 79.9. The van der Waals surface area contributed by atoms with E-state index in [1.54, 1.807) is 13.0 Å². The van der Waals surface area contributed by atoms with Gasteiger partial charge in [-0.3, -0.25) is 0 Å². The molecule has 0 radical (unpaired) electrons. The van der Waals surface area contributed by atoms with E-state index >= 15 is 0 Å². The second-order valence-electron chi connectivity index (χ2n) is 4.04. The molecule has 0 atom stereocenters. The maximum absolute atomic E-state index is 13.4. The fourth-order valence-corrected chi connectivity index (χ4v) is 2.23. The molecule has 0 amide bonds. The van der Waals surface area contributed by atoms with E-state index in [9.17, 15) is 9.18 Å². The Morgan fingerprint density at radius 2 is 2.05 bits per heavy atom. The highest BCUT2D eigenvalue weighted by molar-refractivity contribution is 9.10. The maximum Gasteiger partial charge on any atom is 0.343 e. The number of carbonyl (C=O) groups is 1. The number of ether oxygens (including phenoxy) is 1. The first-order valence-electron chi connectivity index (χ1n) is 5.61. The van der Waals surface area contributed by atoms with E-state index in [4.69, 9.17) is 5.73 Å². The second kappa shape index (κ2) is 5.54. The molecule has 7 heteroatoms. The van der Waals surface area contributed by atoms with Gasteiger partial charge in [-0.05, 0) is 25.1 Å². The van der Waals surface area contributed by atoms with Crippen LogP contribution in [0, 0.1) is 12.7 Å². The normalized spacial score (nSPS) is 10.4. The lowest BCUT2D eigenvalue weighted by atomic mass is 10.1. The maximum atomic E-state index is 13.4. The largest absolute Gasteiger partial charge is 0.465 e. The number of esters is 1. The van der Waals surface area contributed by atoms with Crippen LogP contribution in [0.2, 0.25) is 0 Å². The van der Waals surface area contributed by atoms with Crippen molar-refractivity contribution < 1.29 is 13.9 Å². The number of carbonyl (C=O) groups excluding carboxylic acids is 1. The van der Waals surface area contributed by atoms with Crippen molar-refractivity contribution in [3.63, 3.8) is 0 Å². The Bertz CT molecular complexity index is 648. The van der Waals surface area contributed by atoms with Gasteiger partial charge in [0.15, 0.2) is 5.82 Å². The molecule has 0 spiro atoms. The third kappa shape index (κ3) is 2.77. The van der Waals surface area contributed by atoms with Gasteiger partial charge in [0.05, 0.1) is 12.8 Å². The molecule has 0 unspecified atom stereocenters. The summed E-state index contributed by atoms with van der Waals surface area (Å²) in [5.74, 6) is -0.786. The van der Waals surface area contributed by atoms with Crippen molar-refractivity contribution in [1.82, 2.24) is 9.97 Å². The first-order chi connectivity index (χ1) is 9.42. The van der Waals surface area contributed by atoms with Crippen LogP contribution in [0.15, 0.2) is 22.7 Å². The zero-order valence-corrected chi connectivity index (χ0v) is 12.4. The fraction of sp³-hybridized carbons (Fsp3) is 0.154. The van der Waals surface area contributed by atoms with Crippen LogP contribution in [0.3, 0.4) is 0 Å². The molecule has 1 heterocycles. The summed E-state index contributed by atoms with van der Waals surface area (Å²) >= 11 is 3.20. The molecule has 0 saturated heterocycles. The molecule has 2 aromatic rings. The van der Waals surface area contributed by atoms with Crippen LogP contribution >= 0.6 is 15.9 Å². The van der Waals surface area contributed by atoms with E-state index in [0.29, 0.717) is 15.7 Å². The minimum Gasteiger partial charge on any atom is -0.465 e. The van der Waals surface area contributed by atoms with Crippen LogP contribution in [0.25, 0.3) is 11.4 Å². The number of halogens is 2. The van der Waals surface area contributed by atoms with Gasteiger partial charge in [-0.25, -0.2) is 19.2 Å². The minimum absolute atomic E-state index is 0.000247. The molecule has 0 bridgehead atoms. The first-order valence-corrected chi connectivity index (χ1v) is 6.40. The van der Waals surface area contributed by atoms with E-state index in [1.165, 1.54) is 19.2 Å². The molecule has 0 saturated carbocycles. The number of rotatable bonds is 2. The molecule has 5 nitrogen and oxygen atoms in total. The van der Waals surface area contributed by atoms with Gasteiger partial charge in [0, 0.05) is 10.0 Å². The van der Waals surface area contributed by atoms with Crippen molar-refractivity contribution in [2.75, 3.05) is 12.8 Å². The van der Waals surface area contributed by atoms with Gasteiger partial charge in [0.25, 0.3) is 0 Å². The van der Waals surface area contributed by atoms with Gasteiger partial charge >= 0.3 is 5.97 Å². The Hall–Kier alpha value is -2.02. The summed E-state index contributed by atoms with van der Waals surface area (Å²) in [6.45, 7) is 1.61. The lowest BCUT2D eigenvalue weighted by Crippen LogP contribution is -2.12. The van der Waals surface area contributed by atoms with Gasteiger partial charge in [-0.1, -0.05) is 15.9 Å². The highest BCUT2D eigenvalue weighted by Gasteiger charge is 2.18. The number of aryl methyl sites for hydroxylation is 1. The number of benzene rings is 1. The SMILES string of the molecule is COC(=O)c1c(C)nc(-c2cc(F)cc(Br)c2)nc1N. The molecular formula is C13H11BrFN3O2. The van der Waals surface area contributed by atoms with E-state index in [1.807, 2.05) is 0 Å². The van der Waals surface area contributed by atoms with Crippen molar-refractivity contribution in [3.05, 3.63) is 39.7 Å². The minimum atomic E-state index is -0.605. The molecule has 2 rings (SSSR count). The van der Waals surface area contributed by atoms with Crippen LogP contribution in [0.1, 0.15) is 16.1 Å². The summed E-state index contributed by atoms with van der Waals surface area (Å²) in [4.78, 5) is 19.8. The van der Waals surface area contributed by atoms with Crippen molar-refractivity contribution in [3.8, 4) is 11.4 Å². The number of methoxy groups -OCH3 is 1.